The van der Waals surface area contributed by atoms with Crippen molar-refractivity contribution >= 4 is 22.7 Å². The number of nitrogens with two attached hydrogens (primary N) is 5. The van der Waals surface area contributed by atoms with Crippen molar-refractivity contribution in [3.05, 3.63) is 84.9 Å². The number of anilines is 2. The van der Waals surface area contributed by atoms with Gasteiger partial charge in [0.25, 0.3) is 0 Å². The van der Waals surface area contributed by atoms with Gasteiger partial charge in [0.05, 0.1) is 13.1 Å². The van der Waals surface area contributed by atoms with Crippen molar-refractivity contribution in [2.45, 2.75) is 26.2 Å². The van der Waals surface area contributed by atoms with Crippen LogP contribution in [0, 0.1) is 0 Å². The number of quaternary nitrogens is 1. The van der Waals surface area contributed by atoms with Gasteiger partial charge in [-0.3, -0.25) is 4.48 Å². The maximum atomic E-state index is 6.21. The Kier molecular flexibility index (Phi) is 12.0. The van der Waals surface area contributed by atoms with Gasteiger partial charge < -0.3 is 38.5 Å². The van der Waals surface area contributed by atoms with E-state index in [-0.39, 0.29) is 0 Å². The molecule has 0 aliphatic carbocycles. The third-order valence-corrected chi connectivity index (χ3v) is 9.53. The molecule has 8 nitrogen and oxygen atoms in total. The molecule has 0 saturated carbocycles. The molecule has 0 spiro atoms. The normalized spacial score (nSPS) is 13.0. The molecule has 1 aliphatic rings. The van der Waals surface area contributed by atoms with Crippen LogP contribution in [0.1, 0.15) is 26.2 Å². The zero-order valence-corrected chi connectivity index (χ0v) is 28.2. The predicted octanol–water partition coefficient (Wildman–Crippen LogP) is 5.24. The minimum absolute atomic E-state index is 0.589. The van der Waals surface area contributed by atoms with Gasteiger partial charge in [-0.2, -0.15) is 0 Å². The first-order valence-electron chi connectivity index (χ1n) is 17.4. The Morgan fingerprint density at radius 2 is 0.915 bits per heavy atom. The van der Waals surface area contributed by atoms with E-state index < -0.39 is 0 Å². The molecule has 250 valence electrons. The molecule has 0 radical (unpaired) electrons. The number of hydrogen-bond acceptors (Lipinski definition) is 7. The summed E-state index contributed by atoms with van der Waals surface area (Å²) >= 11 is 0. The number of fused-ring (bicyclic) bond motifs is 3. The van der Waals surface area contributed by atoms with E-state index in [0.29, 0.717) is 32.7 Å². The van der Waals surface area contributed by atoms with Gasteiger partial charge in [0.1, 0.15) is 11.4 Å². The highest BCUT2D eigenvalue weighted by molar-refractivity contribution is 5.98. The van der Waals surface area contributed by atoms with Gasteiger partial charge in [-0.05, 0) is 71.6 Å². The molecule has 47 heavy (non-hydrogen) atoms. The molecule has 1 heterocycles. The van der Waals surface area contributed by atoms with E-state index in [4.69, 9.17) is 28.7 Å². The molecule has 0 aromatic heterocycles. The second kappa shape index (κ2) is 16.4. The number of benzene rings is 4. The second-order valence-electron chi connectivity index (χ2n) is 12.6. The summed E-state index contributed by atoms with van der Waals surface area (Å²) in [5.41, 5.74) is 42.5. The Bertz CT molecular complexity index is 1470. The Labute approximate surface area is 281 Å². The van der Waals surface area contributed by atoms with Crippen molar-refractivity contribution < 1.29 is 0 Å². The summed E-state index contributed by atoms with van der Waals surface area (Å²) in [7, 11) is 0. The molecule has 0 bridgehead atoms. The molecular formula is C39H55N8+. The van der Waals surface area contributed by atoms with Crippen LogP contribution in [-0.4, -0.2) is 72.0 Å². The smallest absolute Gasteiger partial charge is 0.146 e. The van der Waals surface area contributed by atoms with E-state index in [1.165, 1.54) is 44.8 Å². The maximum Gasteiger partial charge on any atom is 0.146 e. The lowest BCUT2D eigenvalue weighted by Gasteiger charge is -2.36. The molecule has 5 rings (SSSR count). The standard InChI is InChI=1S/C39H55N8/c1-2-3-24-47(25-6-15-40)38-28-32(30-7-4-9-34(26-30)45(20-16-41)21-17-42)11-13-36(38)37-14-12-33(29-39(37)47)31-8-5-10-35(27-31)46(22-18-43)23-19-44/h4-5,7-14,26-29H,2-3,6,15-25,40-44H2,1H3/q+1. The zero-order chi connectivity index (χ0) is 33.2. The Hall–Kier alpha value is -3.76. The number of nitrogens with zero attached hydrogens (tertiary/aromatic N) is 3. The van der Waals surface area contributed by atoms with Gasteiger partial charge in [-0.25, -0.2) is 0 Å². The summed E-state index contributed by atoms with van der Waals surface area (Å²) in [5, 5.41) is 0. The third kappa shape index (κ3) is 7.38. The first-order chi connectivity index (χ1) is 23.0. The summed E-state index contributed by atoms with van der Waals surface area (Å²) in [6.45, 7) is 10.4. The largest absolute Gasteiger partial charge is 0.369 e. The molecule has 0 fully saturated rings. The average Bonchev–Trinajstić information content (AvgIpc) is 3.38. The monoisotopic (exact) mass is 635 g/mol. The van der Waals surface area contributed by atoms with E-state index in [0.717, 1.165) is 74.4 Å². The van der Waals surface area contributed by atoms with Crippen LogP contribution in [0.15, 0.2) is 84.9 Å². The summed E-state index contributed by atoms with van der Waals surface area (Å²) in [6.07, 6.45) is 3.21. The van der Waals surface area contributed by atoms with Gasteiger partial charge in [0.15, 0.2) is 0 Å². The topological polar surface area (TPSA) is 137 Å². The number of unbranched alkanes of at least 4 members (excludes halogenated alkanes) is 1. The fourth-order valence-electron chi connectivity index (χ4n) is 7.23. The van der Waals surface area contributed by atoms with Gasteiger partial charge in [0.2, 0.25) is 0 Å². The van der Waals surface area contributed by atoms with E-state index in [9.17, 15) is 0 Å². The molecule has 0 unspecified atom stereocenters. The molecule has 1 aliphatic heterocycles. The zero-order valence-electron chi connectivity index (χ0n) is 28.2. The summed E-state index contributed by atoms with van der Waals surface area (Å²) in [6, 6.07) is 31.7. The van der Waals surface area contributed by atoms with Gasteiger partial charge >= 0.3 is 0 Å². The molecule has 8 heteroatoms. The predicted molar refractivity (Wildman–Crippen MR) is 203 cm³/mol. The van der Waals surface area contributed by atoms with E-state index >= 15 is 0 Å². The van der Waals surface area contributed by atoms with Crippen LogP contribution >= 0.6 is 0 Å². The highest BCUT2D eigenvalue weighted by Crippen LogP contribution is 2.55. The minimum atomic E-state index is 0.589. The number of rotatable bonds is 18. The van der Waals surface area contributed by atoms with Crippen LogP contribution < -0.4 is 43.0 Å². The van der Waals surface area contributed by atoms with Crippen molar-refractivity contribution in [3.8, 4) is 33.4 Å². The van der Waals surface area contributed by atoms with E-state index in [1.807, 2.05) is 0 Å². The lowest BCUT2D eigenvalue weighted by molar-refractivity contribution is 0.376. The Morgan fingerprint density at radius 1 is 0.489 bits per heavy atom. The first-order valence-corrected chi connectivity index (χ1v) is 17.4. The van der Waals surface area contributed by atoms with E-state index in [2.05, 4.69) is 102 Å². The van der Waals surface area contributed by atoms with Crippen molar-refractivity contribution in [1.82, 2.24) is 4.48 Å². The Balaban J connectivity index is 1.61. The highest BCUT2D eigenvalue weighted by Gasteiger charge is 2.43. The highest BCUT2D eigenvalue weighted by atomic mass is 15.4. The molecule has 0 saturated heterocycles. The SMILES string of the molecule is CCCC[N+]1(CCCN)c2cc(-c3cccc(N(CCN)CCN)c3)ccc2-c2ccc(-c3cccc(N(CCN)CCN)c3)cc21. The molecular weight excluding hydrogens is 580 g/mol. The minimum Gasteiger partial charge on any atom is -0.369 e. The maximum absolute atomic E-state index is 6.21. The molecule has 4 aromatic rings. The summed E-state index contributed by atoms with van der Waals surface area (Å²) in [4.78, 5) is 4.55. The summed E-state index contributed by atoms with van der Waals surface area (Å²) < 4.78 is 0.815. The lowest BCUT2D eigenvalue weighted by atomic mass is 9.97. The molecule has 4 aromatic carbocycles. The average molecular weight is 636 g/mol. The van der Waals surface area contributed by atoms with Crippen molar-refractivity contribution in [2.24, 2.45) is 28.7 Å². The number of hydrogen-bond donors (Lipinski definition) is 5. The lowest BCUT2D eigenvalue weighted by Crippen LogP contribution is -2.45. The van der Waals surface area contributed by atoms with Gasteiger partial charge in [-0.15, -0.1) is 0 Å². The Morgan fingerprint density at radius 3 is 1.32 bits per heavy atom. The molecule has 0 atom stereocenters. The quantitative estimate of drug-likeness (QED) is 0.0944. The molecule has 0 amide bonds. The van der Waals surface area contributed by atoms with Crippen LogP contribution in [0.3, 0.4) is 0 Å². The summed E-state index contributed by atoms with van der Waals surface area (Å²) in [5.74, 6) is 0. The second-order valence-corrected chi connectivity index (χ2v) is 12.6. The van der Waals surface area contributed by atoms with Crippen molar-refractivity contribution in [3.63, 3.8) is 0 Å². The van der Waals surface area contributed by atoms with Gasteiger partial charge in [0, 0.05) is 93.4 Å². The van der Waals surface area contributed by atoms with Crippen LogP contribution in [0.2, 0.25) is 0 Å². The fraction of sp³-hybridized carbons (Fsp3) is 0.385. The van der Waals surface area contributed by atoms with E-state index in [1.54, 1.807) is 0 Å². The fourth-order valence-corrected chi connectivity index (χ4v) is 7.23. The van der Waals surface area contributed by atoms with Crippen LogP contribution in [0.5, 0.6) is 0 Å². The molecule has 10 N–H and O–H groups in total. The van der Waals surface area contributed by atoms with Crippen molar-refractivity contribution in [2.75, 3.05) is 81.8 Å². The first kappa shape index (κ1) is 34.6. The van der Waals surface area contributed by atoms with Crippen LogP contribution in [0.4, 0.5) is 22.7 Å². The van der Waals surface area contributed by atoms with Gasteiger partial charge in [-0.1, -0.05) is 49.7 Å². The van der Waals surface area contributed by atoms with Crippen LogP contribution in [-0.2, 0) is 0 Å². The van der Waals surface area contributed by atoms with Crippen LogP contribution in [0.25, 0.3) is 33.4 Å². The van der Waals surface area contributed by atoms with Crippen molar-refractivity contribution in [1.29, 1.82) is 0 Å². The third-order valence-electron chi connectivity index (χ3n) is 9.53.